The van der Waals surface area contributed by atoms with Crippen LogP contribution in [0.2, 0.25) is 0 Å². The van der Waals surface area contributed by atoms with Crippen molar-refractivity contribution < 1.29 is 9.90 Å². The Balaban J connectivity index is 2.63. The maximum Gasteiger partial charge on any atom is 0.336 e. The van der Waals surface area contributed by atoms with Crippen LogP contribution < -0.4 is 0 Å². The van der Waals surface area contributed by atoms with Crippen molar-refractivity contribution in [3.05, 3.63) is 35.5 Å². The number of carboxylic acid groups (broad SMARTS) is 1. The van der Waals surface area contributed by atoms with E-state index in [1.807, 2.05) is 0 Å². The van der Waals surface area contributed by atoms with Crippen LogP contribution in [0.25, 0.3) is 11.3 Å². The summed E-state index contributed by atoms with van der Waals surface area (Å²) < 4.78 is 0. The van der Waals surface area contributed by atoms with Gasteiger partial charge in [0.25, 0.3) is 0 Å². The van der Waals surface area contributed by atoms with Crippen molar-refractivity contribution in [2.75, 3.05) is 0 Å². The lowest BCUT2D eigenvalue weighted by molar-refractivity contribution is 0.0697. The van der Waals surface area contributed by atoms with Crippen molar-refractivity contribution in [3.8, 4) is 11.3 Å². The molecule has 76 valence electrons. The molecular weight excluding hydrogens is 194 g/mol. The molecule has 5 heteroatoms. The summed E-state index contributed by atoms with van der Waals surface area (Å²) in [5, 5.41) is 19.3. The van der Waals surface area contributed by atoms with Crippen LogP contribution in [0.15, 0.2) is 24.3 Å². The van der Waals surface area contributed by atoms with Gasteiger partial charge in [-0.3, -0.25) is 0 Å². The fourth-order valence-corrected chi connectivity index (χ4v) is 1.42. The lowest BCUT2D eigenvalue weighted by Crippen LogP contribution is -1.99. The van der Waals surface area contributed by atoms with Crippen LogP contribution in [0.3, 0.4) is 0 Å². The molecule has 2 aromatic rings. The van der Waals surface area contributed by atoms with Gasteiger partial charge in [-0.15, -0.1) is 0 Å². The molecule has 0 aliphatic rings. The summed E-state index contributed by atoms with van der Waals surface area (Å²) >= 11 is 0. The largest absolute Gasteiger partial charge is 0.478 e. The van der Waals surface area contributed by atoms with E-state index in [4.69, 9.17) is 5.11 Å². The van der Waals surface area contributed by atoms with Crippen molar-refractivity contribution in [2.45, 2.75) is 6.92 Å². The Hall–Kier alpha value is -2.17. The Bertz CT molecular complexity index is 505. The van der Waals surface area contributed by atoms with Gasteiger partial charge >= 0.3 is 5.97 Å². The predicted molar refractivity (Wildman–Crippen MR) is 53.5 cm³/mol. The minimum absolute atomic E-state index is 0.231. The molecule has 0 aliphatic heterocycles. The second-order valence-electron chi connectivity index (χ2n) is 3.11. The molecule has 2 N–H and O–H groups in total. The average Bonchev–Trinajstić information content (AvgIpc) is 2.64. The highest BCUT2D eigenvalue weighted by Gasteiger charge is 2.14. The van der Waals surface area contributed by atoms with Crippen LogP contribution in [0.4, 0.5) is 0 Å². The highest BCUT2D eigenvalue weighted by molar-refractivity contribution is 5.95. The Morgan fingerprint density at radius 2 is 2.07 bits per heavy atom. The Morgan fingerprint density at radius 3 is 2.67 bits per heavy atom. The molecule has 0 unspecified atom stereocenters. The Kier molecular flexibility index (Phi) is 2.21. The number of aromatic nitrogens is 3. The fraction of sp³-hybridized carbons (Fsp3) is 0.100. The van der Waals surface area contributed by atoms with Gasteiger partial charge in [-0.25, -0.2) is 4.79 Å². The number of hydrogen-bond acceptors (Lipinski definition) is 3. The van der Waals surface area contributed by atoms with Crippen molar-refractivity contribution >= 4 is 5.97 Å². The highest BCUT2D eigenvalue weighted by Crippen LogP contribution is 2.23. The molecule has 15 heavy (non-hydrogen) atoms. The number of H-pyrrole nitrogens is 1. The van der Waals surface area contributed by atoms with Crippen LogP contribution in [-0.4, -0.2) is 26.5 Å². The zero-order chi connectivity index (χ0) is 10.8. The van der Waals surface area contributed by atoms with Crippen LogP contribution in [0.1, 0.15) is 16.1 Å². The first-order valence-electron chi connectivity index (χ1n) is 4.40. The lowest BCUT2D eigenvalue weighted by atomic mass is 10.0. The van der Waals surface area contributed by atoms with Gasteiger partial charge in [-0.1, -0.05) is 18.2 Å². The van der Waals surface area contributed by atoms with Crippen LogP contribution >= 0.6 is 0 Å². The monoisotopic (exact) mass is 203 g/mol. The van der Waals surface area contributed by atoms with E-state index in [2.05, 4.69) is 15.4 Å². The molecule has 2 rings (SSSR count). The van der Waals surface area contributed by atoms with E-state index in [-0.39, 0.29) is 5.56 Å². The van der Waals surface area contributed by atoms with Gasteiger partial charge in [0.1, 0.15) is 5.69 Å². The van der Waals surface area contributed by atoms with E-state index in [0.29, 0.717) is 17.0 Å². The lowest BCUT2D eigenvalue weighted by Gasteiger charge is -2.02. The minimum atomic E-state index is -0.965. The second-order valence-corrected chi connectivity index (χ2v) is 3.11. The summed E-state index contributed by atoms with van der Waals surface area (Å²) in [5.74, 6) is -0.965. The average molecular weight is 203 g/mol. The van der Waals surface area contributed by atoms with E-state index in [1.54, 1.807) is 31.2 Å². The molecule has 0 fully saturated rings. The van der Waals surface area contributed by atoms with E-state index >= 15 is 0 Å². The number of aryl methyl sites for hydroxylation is 1. The first kappa shape index (κ1) is 9.39. The molecule has 0 spiro atoms. The van der Waals surface area contributed by atoms with Gasteiger partial charge < -0.3 is 5.11 Å². The van der Waals surface area contributed by atoms with Gasteiger partial charge in [-0.2, -0.15) is 15.4 Å². The number of aromatic amines is 1. The van der Waals surface area contributed by atoms with Crippen molar-refractivity contribution in [3.63, 3.8) is 0 Å². The van der Waals surface area contributed by atoms with Gasteiger partial charge in [0.05, 0.1) is 11.3 Å². The third kappa shape index (κ3) is 1.59. The molecule has 1 aromatic carbocycles. The molecular formula is C10H9N3O2. The van der Waals surface area contributed by atoms with Crippen molar-refractivity contribution in [2.24, 2.45) is 0 Å². The molecule has 0 amide bonds. The Morgan fingerprint density at radius 1 is 1.33 bits per heavy atom. The number of benzene rings is 1. The van der Waals surface area contributed by atoms with E-state index in [1.165, 1.54) is 0 Å². The van der Waals surface area contributed by atoms with Gasteiger partial charge in [-0.05, 0) is 13.0 Å². The predicted octanol–water partition coefficient (Wildman–Crippen LogP) is 1.48. The van der Waals surface area contributed by atoms with Crippen LogP contribution in [0.5, 0.6) is 0 Å². The fourth-order valence-electron chi connectivity index (χ4n) is 1.42. The van der Waals surface area contributed by atoms with E-state index in [0.717, 1.165) is 0 Å². The highest BCUT2D eigenvalue weighted by atomic mass is 16.4. The van der Waals surface area contributed by atoms with Crippen LogP contribution in [-0.2, 0) is 0 Å². The second kappa shape index (κ2) is 3.53. The summed E-state index contributed by atoms with van der Waals surface area (Å²) in [6.07, 6.45) is 0. The first-order valence-corrected chi connectivity index (χ1v) is 4.40. The first-order chi connectivity index (χ1) is 7.20. The van der Waals surface area contributed by atoms with E-state index in [9.17, 15) is 4.79 Å². The zero-order valence-corrected chi connectivity index (χ0v) is 8.06. The molecule has 0 atom stereocenters. The Labute approximate surface area is 85.8 Å². The number of rotatable bonds is 2. The third-order valence-corrected chi connectivity index (χ3v) is 2.13. The molecule has 1 heterocycles. The van der Waals surface area contributed by atoms with Crippen molar-refractivity contribution in [1.29, 1.82) is 0 Å². The summed E-state index contributed by atoms with van der Waals surface area (Å²) in [5.41, 5.74) is 2.07. The standard InChI is InChI=1S/C10H9N3O2/c1-6-9(12-13-11-6)7-4-2-3-5-8(7)10(14)15/h2-5H,1H3,(H,14,15)(H,11,12,13). The summed E-state index contributed by atoms with van der Waals surface area (Å²) in [6, 6.07) is 6.72. The number of carboxylic acids is 1. The number of nitrogens with one attached hydrogen (secondary N) is 1. The van der Waals surface area contributed by atoms with Gasteiger partial charge in [0, 0.05) is 5.56 Å². The number of aromatic carboxylic acids is 1. The molecule has 5 nitrogen and oxygen atoms in total. The minimum Gasteiger partial charge on any atom is -0.478 e. The number of nitrogens with zero attached hydrogens (tertiary/aromatic N) is 2. The molecule has 0 bridgehead atoms. The van der Waals surface area contributed by atoms with Gasteiger partial charge in [0.15, 0.2) is 0 Å². The molecule has 0 saturated carbocycles. The maximum atomic E-state index is 11.0. The van der Waals surface area contributed by atoms with E-state index < -0.39 is 5.97 Å². The third-order valence-electron chi connectivity index (χ3n) is 2.13. The molecule has 1 aromatic heterocycles. The number of carbonyl (C=O) groups is 1. The topological polar surface area (TPSA) is 78.9 Å². The zero-order valence-electron chi connectivity index (χ0n) is 8.06. The maximum absolute atomic E-state index is 11.0. The quantitative estimate of drug-likeness (QED) is 0.774. The van der Waals surface area contributed by atoms with Crippen molar-refractivity contribution in [1.82, 2.24) is 15.4 Å². The van der Waals surface area contributed by atoms with Gasteiger partial charge in [0.2, 0.25) is 0 Å². The molecule has 0 radical (unpaired) electrons. The summed E-state index contributed by atoms with van der Waals surface area (Å²) in [6.45, 7) is 1.78. The normalized spacial score (nSPS) is 10.2. The summed E-state index contributed by atoms with van der Waals surface area (Å²) in [7, 11) is 0. The van der Waals surface area contributed by atoms with Crippen LogP contribution in [0, 0.1) is 6.92 Å². The summed E-state index contributed by atoms with van der Waals surface area (Å²) in [4.78, 5) is 11.0. The smallest absolute Gasteiger partial charge is 0.336 e. The molecule has 0 aliphatic carbocycles. The number of hydrogen-bond donors (Lipinski definition) is 2. The molecule has 0 saturated heterocycles. The SMILES string of the molecule is Cc1n[nH]nc1-c1ccccc1C(=O)O.